The standard InChI is InChI=1S/C17H25ClN2O/c18-11-7-10-17(14-16(19)21,15-8-3-1-4-9-15)20-12-5-2-6-13-20/h1,3-4,8-9H,2,5-7,10-14H2,(H2,19,21). The summed E-state index contributed by atoms with van der Waals surface area (Å²) >= 11 is 5.94. The van der Waals surface area contributed by atoms with Crippen LogP contribution >= 0.6 is 11.6 Å². The second-order valence-corrected chi connectivity index (χ2v) is 6.26. The molecule has 0 aliphatic carbocycles. The van der Waals surface area contributed by atoms with Gasteiger partial charge in [-0.25, -0.2) is 0 Å². The summed E-state index contributed by atoms with van der Waals surface area (Å²) < 4.78 is 0. The number of nitrogens with two attached hydrogens (primary N) is 1. The van der Waals surface area contributed by atoms with Crippen molar-refractivity contribution in [2.24, 2.45) is 5.73 Å². The second-order valence-electron chi connectivity index (χ2n) is 5.88. The molecule has 1 heterocycles. The van der Waals surface area contributed by atoms with Gasteiger partial charge in [0.05, 0.1) is 5.54 Å². The number of rotatable bonds is 7. The minimum absolute atomic E-state index is 0.237. The minimum Gasteiger partial charge on any atom is -0.370 e. The fourth-order valence-corrected chi connectivity index (χ4v) is 3.64. The topological polar surface area (TPSA) is 46.3 Å². The Balaban J connectivity index is 2.38. The predicted octanol–water partition coefficient (Wildman–Crippen LogP) is 3.26. The Morgan fingerprint density at radius 2 is 1.86 bits per heavy atom. The van der Waals surface area contributed by atoms with Gasteiger partial charge in [-0.15, -0.1) is 11.6 Å². The van der Waals surface area contributed by atoms with Crippen LogP contribution in [-0.4, -0.2) is 29.8 Å². The number of hydrogen-bond acceptors (Lipinski definition) is 2. The van der Waals surface area contributed by atoms with Crippen LogP contribution in [0.1, 0.15) is 44.1 Å². The Morgan fingerprint density at radius 1 is 1.19 bits per heavy atom. The third-order valence-electron chi connectivity index (χ3n) is 4.46. The number of nitrogens with zero attached hydrogens (tertiary/aromatic N) is 1. The smallest absolute Gasteiger partial charge is 0.219 e. The average molecular weight is 309 g/mol. The van der Waals surface area contributed by atoms with Crippen molar-refractivity contribution in [2.45, 2.75) is 44.1 Å². The molecule has 1 aromatic carbocycles. The molecule has 116 valence electrons. The number of likely N-dealkylation sites (tertiary alicyclic amines) is 1. The van der Waals surface area contributed by atoms with E-state index in [4.69, 9.17) is 17.3 Å². The van der Waals surface area contributed by atoms with Crippen LogP contribution in [0.15, 0.2) is 30.3 Å². The maximum atomic E-state index is 11.8. The number of hydrogen-bond donors (Lipinski definition) is 1. The Bertz CT molecular complexity index is 445. The van der Waals surface area contributed by atoms with Crippen LogP contribution in [0.4, 0.5) is 0 Å². The fourth-order valence-electron chi connectivity index (χ4n) is 3.51. The molecule has 1 unspecified atom stereocenters. The highest BCUT2D eigenvalue weighted by atomic mass is 35.5. The highest BCUT2D eigenvalue weighted by Crippen LogP contribution is 2.38. The van der Waals surface area contributed by atoms with Crippen LogP contribution in [0.5, 0.6) is 0 Å². The minimum atomic E-state index is -0.289. The maximum absolute atomic E-state index is 11.8. The van der Waals surface area contributed by atoms with Crippen LogP contribution in [0.3, 0.4) is 0 Å². The molecule has 1 amide bonds. The van der Waals surface area contributed by atoms with E-state index in [-0.39, 0.29) is 11.4 Å². The summed E-state index contributed by atoms with van der Waals surface area (Å²) in [5.41, 5.74) is 6.50. The summed E-state index contributed by atoms with van der Waals surface area (Å²) in [6.45, 7) is 2.06. The molecule has 0 aromatic heterocycles. The first-order chi connectivity index (χ1) is 10.2. The van der Waals surface area contributed by atoms with Crippen LogP contribution in [0.2, 0.25) is 0 Å². The molecule has 1 saturated heterocycles. The van der Waals surface area contributed by atoms with E-state index >= 15 is 0 Å². The molecular weight excluding hydrogens is 284 g/mol. The van der Waals surface area contributed by atoms with Gasteiger partial charge in [0, 0.05) is 12.3 Å². The van der Waals surface area contributed by atoms with Gasteiger partial charge in [-0.1, -0.05) is 36.8 Å². The van der Waals surface area contributed by atoms with Crippen LogP contribution < -0.4 is 5.73 Å². The van der Waals surface area contributed by atoms with Crippen molar-refractivity contribution < 1.29 is 4.79 Å². The van der Waals surface area contributed by atoms with Crippen LogP contribution in [0, 0.1) is 0 Å². The molecule has 1 fully saturated rings. The van der Waals surface area contributed by atoms with E-state index in [1.807, 2.05) is 18.2 Å². The van der Waals surface area contributed by atoms with Gasteiger partial charge < -0.3 is 5.73 Å². The summed E-state index contributed by atoms with van der Waals surface area (Å²) in [6, 6.07) is 10.3. The number of piperidine rings is 1. The molecule has 1 aliphatic heterocycles. The molecule has 0 spiro atoms. The first kappa shape index (κ1) is 16.3. The number of amides is 1. The molecular formula is C17H25ClN2O. The number of carbonyl (C=O) groups is 1. The van der Waals surface area contributed by atoms with E-state index in [1.54, 1.807) is 0 Å². The Hall–Kier alpha value is -1.06. The van der Waals surface area contributed by atoms with Crippen molar-refractivity contribution in [3.05, 3.63) is 35.9 Å². The number of carbonyl (C=O) groups excluding carboxylic acids is 1. The van der Waals surface area contributed by atoms with Gasteiger partial charge in [0.25, 0.3) is 0 Å². The molecule has 2 N–H and O–H groups in total. The average Bonchev–Trinajstić information content (AvgIpc) is 2.53. The van der Waals surface area contributed by atoms with Gasteiger partial charge in [-0.2, -0.15) is 0 Å². The van der Waals surface area contributed by atoms with Gasteiger partial charge in [-0.05, 0) is 44.3 Å². The Labute approximate surface area is 132 Å². The first-order valence-electron chi connectivity index (χ1n) is 7.84. The molecule has 2 rings (SSSR count). The second kappa shape index (κ2) is 7.81. The van der Waals surface area contributed by atoms with Gasteiger partial charge in [0.1, 0.15) is 0 Å². The lowest BCUT2D eigenvalue weighted by Crippen LogP contribution is -2.50. The first-order valence-corrected chi connectivity index (χ1v) is 8.37. The summed E-state index contributed by atoms with van der Waals surface area (Å²) in [5.74, 6) is 0.375. The fraction of sp³-hybridized carbons (Fsp3) is 0.588. The van der Waals surface area contributed by atoms with Gasteiger partial charge in [0.2, 0.25) is 5.91 Å². The summed E-state index contributed by atoms with van der Waals surface area (Å²) in [4.78, 5) is 14.2. The van der Waals surface area contributed by atoms with E-state index in [0.29, 0.717) is 12.3 Å². The van der Waals surface area contributed by atoms with Gasteiger partial charge in [0.15, 0.2) is 0 Å². The monoisotopic (exact) mass is 308 g/mol. The molecule has 1 aliphatic rings. The molecule has 21 heavy (non-hydrogen) atoms. The van der Waals surface area contributed by atoms with Crippen molar-refractivity contribution in [1.82, 2.24) is 4.90 Å². The molecule has 4 heteroatoms. The molecule has 0 saturated carbocycles. The quantitative estimate of drug-likeness (QED) is 0.786. The third-order valence-corrected chi connectivity index (χ3v) is 4.73. The number of benzene rings is 1. The zero-order valence-electron chi connectivity index (χ0n) is 12.6. The lowest BCUT2D eigenvalue weighted by atomic mass is 9.79. The largest absolute Gasteiger partial charge is 0.370 e. The third kappa shape index (κ3) is 3.98. The lowest BCUT2D eigenvalue weighted by molar-refractivity contribution is -0.122. The van der Waals surface area contributed by atoms with Crippen molar-refractivity contribution in [2.75, 3.05) is 19.0 Å². The number of halogens is 1. The molecule has 1 aromatic rings. The van der Waals surface area contributed by atoms with Crippen molar-refractivity contribution in [1.29, 1.82) is 0 Å². The van der Waals surface area contributed by atoms with Crippen molar-refractivity contribution >= 4 is 17.5 Å². The molecule has 1 atom stereocenters. The van der Waals surface area contributed by atoms with Gasteiger partial charge >= 0.3 is 0 Å². The van der Waals surface area contributed by atoms with Crippen molar-refractivity contribution in [3.63, 3.8) is 0 Å². The van der Waals surface area contributed by atoms with E-state index < -0.39 is 0 Å². The zero-order valence-corrected chi connectivity index (χ0v) is 13.3. The number of alkyl halides is 1. The van der Waals surface area contributed by atoms with E-state index in [0.717, 1.165) is 25.9 Å². The van der Waals surface area contributed by atoms with Crippen LogP contribution in [0.25, 0.3) is 0 Å². The maximum Gasteiger partial charge on any atom is 0.219 e. The van der Waals surface area contributed by atoms with E-state index in [1.165, 1.54) is 24.8 Å². The Kier molecular flexibility index (Phi) is 6.07. The molecule has 3 nitrogen and oxygen atoms in total. The zero-order chi connectivity index (χ0) is 15.1. The Morgan fingerprint density at radius 3 is 2.43 bits per heavy atom. The summed E-state index contributed by atoms with van der Waals surface area (Å²) in [6.07, 6.45) is 5.79. The predicted molar refractivity (Wildman–Crippen MR) is 87.3 cm³/mol. The molecule has 0 bridgehead atoms. The van der Waals surface area contributed by atoms with Gasteiger partial charge in [-0.3, -0.25) is 9.69 Å². The van der Waals surface area contributed by atoms with E-state index in [2.05, 4.69) is 17.0 Å². The van der Waals surface area contributed by atoms with E-state index in [9.17, 15) is 4.79 Å². The highest BCUT2D eigenvalue weighted by molar-refractivity contribution is 6.17. The van der Waals surface area contributed by atoms with Crippen molar-refractivity contribution in [3.8, 4) is 0 Å². The SMILES string of the molecule is NC(=O)CC(CCCCl)(c1ccccc1)N1CCCCC1. The summed E-state index contributed by atoms with van der Waals surface area (Å²) in [5, 5.41) is 0. The number of primary amides is 1. The summed E-state index contributed by atoms with van der Waals surface area (Å²) in [7, 11) is 0. The normalized spacial score (nSPS) is 19.1. The highest BCUT2D eigenvalue weighted by Gasteiger charge is 2.39. The lowest BCUT2D eigenvalue weighted by Gasteiger charge is -2.46. The molecule has 0 radical (unpaired) electrons. The van der Waals surface area contributed by atoms with Crippen LogP contribution in [-0.2, 0) is 10.3 Å².